The van der Waals surface area contributed by atoms with Gasteiger partial charge in [0.05, 0.1) is 6.26 Å². The number of hydrogen-bond donors (Lipinski definition) is 1. The zero-order valence-corrected chi connectivity index (χ0v) is 10.6. The van der Waals surface area contributed by atoms with Crippen LogP contribution in [-0.2, 0) is 0 Å². The zero-order chi connectivity index (χ0) is 13.9. The third kappa shape index (κ3) is 2.21. The fourth-order valence-corrected chi connectivity index (χ4v) is 2.15. The number of furan rings is 1. The molecule has 98 valence electrons. The van der Waals surface area contributed by atoms with E-state index in [9.17, 15) is 4.79 Å². The van der Waals surface area contributed by atoms with E-state index in [4.69, 9.17) is 9.52 Å². The van der Waals surface area contributed by atoms with Crippen molar-refractivity contribution in [1.82, 2.24) is 0 Å². The predicted molar refractivity (Wildman–Crippen MR) is 76.5 cm³/mol. The highest BCUT2D eigenvalue weighted by atomic mass is 16.4. The number of carbonyl (C=O) groups is 1. The second-order valence-electron chi connectivity index (χ2n) is 4.41. The van der Waals surface area contributed by atoms with Crippen molar-refractivity contribution in [3.05, 3.63) is 72.5 Å². The molecule has 3 aromatic rings. The van der Waals surface area contributed by atoms with Crippen LogP contribution in [0.2, 0.25) is 0 Å². The molecule has 3 rings (SSSR count). The summed E-state index contributed by atoms with van der Waals surface area (Å²) in [6, 6.07) is 19.1. The van der Waals surface area contributed by atoms with E-state index in [2.05, 4.69) is 0 Å². The standard InChI is InChI=1S/C17H12O3/c18-17(19)15-10-11-20-16(15)14-8-6-13(7-9-14)12-4-2-1-3-5-12/h1-11H,(H,18,19). The molecule has 1 aromatic heterocycles. The van der Waals surface area contributed by atoms with Crippen molar-refractivity contribution >= 4 is 5.97 Å². The molecule has 0 bridgehead atoms. The normalized spacial score (nSPS) is 10.4. The molecule has 0 aliphatic carbocycles. The fourth-order valence-electron chi connectivity index (χ4n) is 2.15. The smallest absolute Gasteiger partial charge is 0.339 e. The lowest BCUT2D eigenvalue weighted by molar-refractivity contribution is 0.0697. The van der Waals surface area contributed by atoms with Crippen molar-refractivity contribution in [2.24, 2.45) is 0 Å². The Labute approximate surface area is 116 Å². The largest absolute Gasteiger partial charge is 0.478 e. The van der Waals surface area contributed by atoms with Crippen molar-refractivity contribution in [1.29, 1.82) is 0 Å². The Kier molecular flexibility index (Phi) is 3.09. The molecular formula is C17H12O3. The van der Waals surface area contributed by atoms with Gasteiger partial charge in [-0.2, -0.15) is 0 Å². The molecule has 0 atom stereocenters. The van der Waals surface area contributed by atoms with E-state index in [0.29, 0.717) is 5.76 Å². The summed E-state index contributed by atoms with van der Waals surface area (Å²) < 4.78 is 5.28. The van der Waals surface area contributed by atoms with Gasteiger partial charge in [-0.15, -0.1) is 0 Å². The first-order valence-electron chi connectivity index (χ1n) is 6.22. The summed E-state index contributed by atoms with van der Waals surface area (Å²) in [5.74, 6) is -0.599. The lowest BCUT2D eigenvalue weighted by Crippen LogP contribution is -1.95. The number of aromatic carboxylic acids is 1. The summed E-state index contributed by atoms with van der Waals surface area (Å²) >= 11 is 0. The average Bonchev–Trinajstić information content (AvgIpc) is 2.98. The highest BCUT2D eigenvalue weighted by molar-refractivity contribution is 5.94. The van der Waals surface area contributed by atoms with Gasteiger partial charge in [0.15, 0.2) is 0 Å². The predicted octanol–water partition coefficient (Wildman–Crippen LogP) is 4.31. The van der Waals surface area contributed by atoms with Gasteiger partial charge in [0, 0.05) is 5.56 Å². The quantitative estimate of drug-likeness (QED) is 0.766. The van der Waals surface area contributed by atoms with Gasteiger partial charge in [-0.25, -0.2) is 4.79 Å². The Balaban J connectivity index is 1.98. The summed E-state index contributed by atoms with van der Waals surface area (Å²) in [7, 11) is 0. The minimum absolute atomic E-state index is 0.178. The van der Waals surface area contributed by atoms with E-state index in [-0.39, 0.29) is 5.56 Å². The van der Waals surface area contributed by atoms with Crippen LogP contribution in [0.3, 0.4) is 0 Å². The van der Waals surface area contributed by atoms with Crippen molar-refractivity contribution in [2.45, 2.75) is 0 Å². The number of rotatable bonds is 3. The molecule has 0 fully saturated rings. The zero-order valence-electron chi connectivity index (χ0n) is 10.6. The van der Waals surface area contributed by atoms with Crippen LogP contribution < -0.4 is 0 Å². The van der Waals surface area contributed by atoms with Gasteiger partial charge in [-0.3, -0.25) is 0 Å². The van der Waals surface area contributed by atoms with Gasteiger partial charge in [0.2, 0.25) is 0 Å². The van der Waals surface area contributed by atoms with E-state index < -0.39 is 5.97 Å². The fraction of sp³-hybridized carbons (Fsp3) is 0. The highest BCUT2D eigenvalue weighted by Gasteiger charge is 2.14. The van der Waals surface area contributed by atoms with Crippen LogP contribution in [-0.4, -0.2) is 11.1 Å². The maximum atomic E-state index is 11.1. The number of carboxylic acid groups (broad SMARTS) is 1. The van der Waals surface area contributed by atoms with E-state index in [1.54, 1.807) is 0 Å². The summed E-state index contributed by atoms with van der Waals surface area (Å²) in [4.78, 5) is 11.1. The second kappa shape index (κ2) is 5.05. The molecule has 0 aliphatic rings. The molecule has 0 aliphatic heterocycles. The summed E-state index contributed by atoms with van der Waals surface area (Å²) in [6.07, 6.45) is 1.39. The minimum atomic E-state index is -0.985. The number of hydrogen-bond acceptors (Lipinski definition) is 2. The third-order valence-corrected chi connectivity index (χ3v) is 3.15. The van der Waals surface area contributed by atoms with Crippen molar-refractivity contribution < 1.29 is 14.3 Å². The minimum Gasteiger partial charge on any atom is -0.478 e. The van der Waals surface area contributed by atoms with Crippen molar-refractivity contribution in [2.75, 3.05) is 0 Å². The van der Waals surface area contributed by atoms with Crippen LogP contribution in [0.15, 0.2) is 71.3 Å². The van der Waals surface area contributed by atoms with Crippen LogP contribution in [0.5, 0.6) is 0 Å². The molecule has 1 N–H and O–H groups in total. The molecule has 2 aromatic carbocycles. The summed E-state index contributed by atoms with van der Waals surface area (Å²) in [5, 5.41) is 9.09. The van der Waals surface area contributed by atoms with Crippen molar-refractivity contribution in [3.8, 4) is 22.5 Å². The molecule has 0 amide bonds. The first-order valence-corrected chi connectivity index (χ1v) is 6.22. The topological polar surface area (TPSA) is 50.4 Å². The molecule has 1 heterocycles. The van der Waals surface area contributed by atoms with Crippen molar-refractivity contribution in [3.63, 3.8) is 0 Å². The van der Waals surface area contributed by atoms with Gasteiger partial charge < -0.3 is 9.52 Å². The maximum Gasteiger partial charge on any atom is 0.339 e. The van der Waals surface area contributed by atoms with E-state index in [1.807, 2.05) is 54.6 Å². The van der Waals surface area contributed by atoms with E-state index in [0.717, 1.165) is 16.7 Å². The Morgan fingerprint density at radius 1 is 0.800 bits per heavy atom. The first kappa shape index (κ1) is 12.2. The Morgan fingerprint density at radius 3 is 2.05 bits per heavy atom. The van der Waals surface area contributed by atoms with Crippen LogP contribution in [0.4, 0.5) is 0 Å². The van der Waals surface area contributed by atoms with Gasteiger partial charge >= 0.3 is 5.97 Å². The van der Waals surface area contributed by atoms with Crippen LogP contribution >= 0.6 is 0 Å². The molecule has 0 radical (unpaired) electrons. The average molecular weight is 264 g/mol. The maximum absolute atomic E-state index is 11.1. The summed E-state index contributed by atoms with van der Waals surface area (Å²) in [5.41, 5.74) is 3.14. The first-order chi connectivity index (χ1) is 9.75. The lowest BCUT2D eigenvalue weighted by Gasteiger charge is -2.03. The van der Waals surface area contributed by atoms with Gasteiger partial charge in [-0.05, 0) is 17.2 Å². The monoisotopic (exact) mass is 264 g/mol. The highest BCUT2D eigenvalue weighted by Crippen LogP contribution is 2.27. The molecule has 0 saturated heterocycles. The van der Waals surface area contributed by atoms with E-state index in [1.165, 1.54) is 12.3 Å². The second-order valence-corrected chi connectivity index (χ2v) is 4.41. The molecule has 3 heteroatoms. The third-order valence-electron chi connectivity index (χ3n) is 3.15. The summed E-state index contributed by atoms with van der Waals surface area (Å²) in [6.45, 7) is 0. The van der Waals surface area contributed by atoms with Crippen LogP contribution in [0, 0.1) is 0 Å². The van der Waals surface area contributed by atoms with Gasteiger partial charge in [-0.1, -0.05) is 54.6 Å². The van der Waals surface area contributed by atoms with Crippen LogP contribution in [0.1, 0.15) is 10.4 Å². The molecular weight excluding hydrogens is 252 g/mol. The Morgan fingerprint density at radius 2 is 1.40 bits per heavy atom. The number of carboxylic acids is 1. The van der Waals surface area contributed by atoms with E-state index >= 15 is 0 Å². The van der Waals surface area contributed by atoms with Gasteiger partial charge in [0.25, 0.3) is 0 Å². The Hall–Kier alpha value is -2.81. The Bertz CT molecular complexity index is 724. The SMILES string of the molecule is O=C(O)c1ccoc1-c1ccc(-c2ccccc2)cc1. The molecule has 20 heavy (non-hydrogen) atoms. The molecule has 0 saturated carbocycles. The molecule has 0 unspecified atom stereocenters. The molecule has 3 nitrogen and oxygen atoms in total. The molecule has 0 spiro atoms. The number of benzene rings is 2. The van der Waals surface area contributed by atoms with Crippen LogP contribution in [0.25, 0.3) is 22.5 Å². The lowest BCUT2D eigenvalue weighted by atomic mass is 10.0. The van der Waals surface area contributed by atoms with Gasteiger partial charge in [0.1, 0.15) is 11.3 Å².